The first-order chi connectivity index (χ1) is 8.29. The van der Waals surface area contributed by atoms with Crippen molar-refractivity contribution in [3.8, 4) is 6.07 Å². The van der Waals surface area contributed by atoms with Gasteiger partial charge >= 0.3 is 0 Å². The Bertz CT molecular complexity index is 572. The SMILES string of the molecule is N#Cc1ccc(/C=C/C(=O)n2cccc2)cc1. The summed E-state index contributed by atoms with van der Waals surface area (Å²) in [4.78, 5) is 11.6. The predicted molar refractivity (Wildman–Crippen MR) is 65.2 cm³/mol. The molecule has 0 N–H and O–H groups in total. The minimum Gasteiger partial charge on any atom is -0.291 e. The van der Waals surface area contributed by atoms with Crippen LogP contribution in [0.2, 0.25) is 0 Å². The van der Waals surface area contributed by atoms with Crippen LogP contribution < -0.4 is 0 Å². The zero-order chi connectivity index (χ0) is 12.1. The van der Waals surface area contributed by atoms with Crippen LogP contribution in [0.3, 0.4) is 0 Å². The fraction of sp³-hybridized carbons (Fsp3) is 0. The van der Waals surface area contributed by atoms with Gasteiger partial charge in [0.25, 0.3) is 5.91 Å². The van der Waals surface area contributed by atoms with Crippen LogP contribution in [0.4, 0.5) is 0 Å². The Labute approximate surface area is 99.2 Å². The smallest absolute Gasteiger partial charge is 0.254 e. The highest BCUT2D eigenvalue weighted by Crippen LogP contribution is 2.05. The molecule has 0 aliphatic rings. The summed E-state index contributed by atoms with van der Waals surface area (Å²) in [5.74, 6) is -0.0978. The van der Waals surface area contributed by atoms with Crippen LogP contribution in [0, 0.1) is 11.3 Å². The maximum absolute atomic E-state index is 11.6. The summed E-state index contributed by atoms with van der Waals surface area (Å²) in [5.41, 5.74) is 1.50. The molecule has 0 aliphatic carbocycles. The molecule has 3 heteroatoms. The molecule has 0 atom stereocenters. The molecule has 1 aromatic carbocycles. The number of carbonyl (C=O) groups is 1. The summed E-state index contributed by atoms with van der Waals surface area (Å²) >= 11 is 0. The normalized spacial score (nSPS) is 10.3. The minimum absolute atomic E-state index is 0.0978. The largest absolute Gasteiger partial charge is 0.291 e. The first kappa shape index (κ1) is 10.9. The lowest BCUT2D eigenvalue weighted by Crippen LogP contribution is -2.03. The first-order valence-electron chi connectivity index (χ1n) is 5.15. The summed E-state index contributed by atoms with van der Waals surface area (Å²) < 4.78 is 1.50. The average molecular weight is 222 g/mol. The van der Waals surface area contributed by atoms with Crippen molar-refractivity contribution < 1.29 is 4.79 Å². The topological polar surface area (TPSA) is 45.8 Å². The Morgan fingerprint density at radius 1 is 1.18 bits per heavy atom. The average Bonchev–Trinajstić information content (AvgIpc) is 2.90. The Morgan fingerprint density at radius 3 is 2.41 bits per heavy atom. The molecular formula is C14H10N2O. The van der Waals surface area contributed by atoms with Gasteiger partial charge in [-0.3, -0.25) is 9.36 Å². The quantitative estimate of drug-likeness (QED) is 0.733. The van der Waals surface area contributed by atoms with E-state index in [-0.39, 0.29) is 5.91 Å². The summed E-state index contributed by atoms with van der Waals surface area (Å²) in [7, 11) is 0. The third-order valence-corrected chi connectivity index (χ3v) is 2.32. The van der Waals surface area contributed by atoms with Crippen molar-refractivity contribution >= 4 is 12.0 Å². The lowest BCUT2D eigenvalue weighted by atomic mass is 10.1. The first-order valence-corrected chi connectivity index (χ1v) is 5.15. The molecule has 0 aliphatic heterocycles. The lowest BCUT2D eigenvalue weighted by molar-refractivity contribution is 0.0970. The third-order valence-electron chi connectivity index (χ3n) is 2.32. The molecule has 3 nitrogen and oxygen atoms in total. The monoisotopic (exact) mass is 222 g/mol. The standard InChI is InChI=1S/C14H10N2O/c15-11-13-5-3-12(4-6-13)7-8-14(17)16-9-1-2-10-16/h1-10H/b8-7+. The van der Waals surface area contributed by atoms with Crippen molar-refractivity contribution in [3.63, 3.8) is 0 Å². The van der Waals surface area contributed by atoms with E-state index >= 15 is 0 Å². The van der Waals surface area contributed by atoms with Crippen LogP contribution in [-0.4, -0.2) is 10.5 Å². The number of aromatic nitrogens is 1. The molecule has 0 radical (unpaired) electrons. The fourth-order valence-electron chi connectivity index (χ4n) is 1.40. The van der Waals surface area contributed by atoms with E-state index in [0.717, 1.165) is 5.56 Å². The van der Waals surface area contributed by atoms with Gasteiger partial charge in [-0.05, 0) is 35.9 Å². The van der Waals surface area contributed by atoms with E-state index in [1.165, 1.54) is 10.6 Å². The summed E-state index contributed by atoms with van der Waals surface area (Å²) in [6.07, 6.45) is 6.63. The molecule has 0 amide bonds. The van der Waals surface area contributed by atoms with Crippen LogP contribution >= 0.6 is 0 Å². The number of hydrogen-bond acceptors (Lipinski definition) is 2. The van der Waals surface area contributed by atoms with E-state index < -0.39 is 0 Å². The molecular weight excluding hydrogens is 212 g/mol. The number of carbonyl (C=O) groups excluding carboxylic acids is 1. The van der Waals surface area contributed by atoms with Gasteiger partial charge in [0.05, 0.1) is 11.6 Å². The van der Waals surface area contributed by atoms with Crippen molar-refractivity contribution in [3.05, 3.63) is 66.0 Å². The van der Waals surface area contributed by atoms with Crippen molar-refractivity contribution in [1.29, 1.82) is 5.26 Å². The zero-order valence-corrected chi connectivity index (χ0v) is 9.08. The van der Waals surface area contributed by atoms with Gasteiger partial charge in [0.1, 0.15) is 0 Å². The van der Waals surface area contributed by atoms with E-state index in [2.05, 4.69) is 0 Å². The second kappa shape index (κ2) is 4.95. The molecule has 82 valence electrons. The Kier molecular flexibility index (Phi) is 3.18. The van der Waals surface area contributed by atoms with Crippen molar-refractivity contribution in [2.45, 2.75) is 0 Å². The van der Waals surface area contributed by atoms with Crippen molar-refractivity contribution in [2.24, 2.45) is 0 Å². The van der Waals surface area contributed by atoms with Gasteiger partial charge in [0, 0.05) is 18.5 Å². The predicted octanol–water partition coefficient (Wildman–Crippen LogP) is 2.71. The number of nitriles is 1. The van der Waals surface area contributed by atoms with Crippen LogP contribution in [0.1, 0.15) is 15.9 Å². The fourth-order valence-corrected chi connectivity index (χ4v) is 1.40. The second-order valence-electron chi connectivity index (χ2n) is 3.50. The molecule has 2 aromatic rings. The lowest BCUT2D eigenvalue weighted by Gasteiger charge is -1.95. The molecule has 0 unspecified atom stereocenters. The number of allylic oxidation sites excluding steroid dienone is 1. The van der Waals surface area contributed by atoms with Crippen LogP contribution in [-0.2, 0) is 0 Å². The van der Waals surface area contributed by atoms with Crippen LogP contribution in [0.25, 0.3) is 6.08 Å². The number of rotatable bonds is 2. The molecule has 17 heavy (non-hydrogen) atoms. The van der Waals surface area contributed by atoms with Gasteiger partial charge in [-0.2, -0.15) is 5.26 Å². The Hall–Kier alpha value is -2.60. The summed E-state index contributed by atoms with van der Waals surface area (Å²) in [5, 5.41) is 8.65. The molecule has 1 heterocycles. The van der Waals surface area contributed by atoms with Gasteiger partial charge < -0.3 is 0 Å². The van der Waals surface area contributed by atoms with E-state index in [1.54, 1.807) is 54.9 Å². The Morgan fingerprint density at radius 2 is 1.82 bits per heavy atom. The second-order valence-corrected chi connectivity index (χ2v) is 3.50. The highest BCUT2D eigenvalue weighted by Gasteiger charge is 1.96. The summed E-state index contributed by atoms with van der Waals surface area (Å²) in [6, 6.07) is 12.7. The van der Waals surface area contributed by atoms with E-state index in [9.17, 15) is 4.79 Å². The minimum atomic E-state index is -0.0978. The van der Waals surface area contributed by atoms with E-state index in [0.29, 0.717) is 5.56 Å². The molecule has 0 bridgehead atoms. The number of nitrogens with zero attached hydrogens (tertiary/aromatic N) is 2. The molecule has 0 spiro atoms. The molecule has 0 saturated heterocycles. The van der Waals surface area contributed by atoms with Gasteiger partial charge in [-0.1, -0.05) is 12.1 Å². The van der Waals surface area contributed by atoms with E-state index in [1.807, 2.05) is 6.07 Å². The Balaban J connectivity index is 2.10. The van der Waals surface area contributed by atoms with Crippen LogP contribution in [0.15, 0.2) is 54.9 Å². The molecule has 0 fully saturated rings. The maximum atomic E-state index is 11.6. The third kappa shape index (κ3) is 2.70. The number of hydrogen-bond donors (Lipinski definition) is 0. The van der Waals surface area contributed by atoms with Gasteiger partial charge in [-0.15, -0.1) is 0 Å². The van der Waals surface area contributed by atoms with Crippen molar-refractivity contribution in [2.75, 3.05) is 0 Å². The van der Waals surface area contributed by atoms with E-state index in [4.69, 9.17) is 5.26 Å². The van der Waals surface area contributed by atoms with Crippen LogP contribution in [0.5, 0.6) is 0 Å². The van der Waals surface area contributed by atoms with Gasteiger partial charge in [-0.25, -0.2) is 0 Å². The van der Waals surface area contributed by atoms with Crippen molar-refractivity contribution in [1.82, 2.24) is 4.57 Å². The van der Waals surface area contributed by atoms with Gasteiger partial charge in [0.15, 0.2) is 0 Å². The zero-order valence-electron chi connectivity index (χ0n) is 9.08. The summed E-state index contributed by atoms with van der Waals surface area (Å²) in [6.45, 7) is 0. The maximum Gasteiger partial charge on any atom is 0.254 e. The highest BCUT2D eigenvalue weighted by atomic mass is 16.1. The molecule has 1 aromatic heterocycles. The highest BCUT2D eigenvalue weighted by molar-refractivity contribution is 5.93. The number of benzene rings is 1. The molecule has 2 rings (SSSR count). The van der Waals surface area contributed by atoms with Gasteiger partial charge in [0.2, 0.25) is 0 Å². The molecule has 0 saturated carbocycles.